The molecule has 0 aromatic heterocycles. The van der Waals surface area contributed by atoms with E-state index in [-0.39, 0.29) is 80.6 Å². The first-order chi connectivity index (χ1) is 14.4. The molecule has 32 heavy (non-hydrogen) atoms. The molecule has 7 nitrogen and oxygen atoms in total. The standard InChI is InChI=1S/C22H21Cl2NO6.K/c1-22(2,3)31-20(26)9-4-13-10-17(23)16(18(24)11-13)8-7-14-5-6-15(21(27)28)12-19(14)25(29)30;/h5-8,10-12H,4,9H2,1-3H3,(H,27,28);/q;+1/p-1/b8-7+;. The van der Waals surface area contributed by atoms with Crippen LogP contribution < -0.4 is 56.5 Å². The number of esters is 1. The first-order valence-electron chi connectivity index (χ1n) is 9.25. The monoisotopic (exact) mass is 503 g/mol. The van der Waals surface area contributed by atoms with Crippen LogP contribution in [0.15, 0.2) is 30.3 Å². The summed E-state index contributed by atoms with van der Waals surface area (Å²) in [7, 11) is 0. The van der Waals surface area contributed by atoms with Gasteiger partial charge in [0.1, 0.15) is 5.60 Å². The number of carbonyl (C=O) groups excluding carboxylic acids is 2. The zero-order valence-corrected chi connectivity index (χ0v) is 22.7. The third-order valence-electron chi connectivity index (χ3n) is 4.07. The quantitative estimate of drug-likeness (QED) is 0.187. The van der Waals surface area contributed by atoms with Crippen LogP contribution in [-0.4, -0.2) is 22.5 Å². The van der Waals surface area contributed by atoms with Crippen LogP contribution in [0.3, 0.4) is 0 Å². The number of hydrogen-bond acceptors (Lipinski definition) is 6. The van der Waals surface area contributed by atoms with E-state index in [9.17, 15) is 24.8 Å². The summed E-state index contributed by atoms with van der Waals surface area (Å²) in [5.74, 6) is -1.84. The van der Waals surface area contributed by atoms with E-state index in [2.05, 4.69) is 0 Å². The Labute approximate surface area is 238 Å². The van der Waals surface area contributed by atoms with Crippen LogP contribution in [-0.2, 0) is 16.0 Å². The molecule has 0 saturated heterocycles. The van der Waals surface area contributed by atoms with Crippen LogP contribution in [0.5, 0.6) is 0 Å². The molecule has 0 bridgehead atoms. The molecule has 2 rings (SSSR count). The Balaban J connectivity index is 0.00000512. The van der Waals surface area contributed by atoms with Gasteiger partial charge in [-0.2, -0.15) is 0 Å². The van der Waals surface area contributed by atoms with Gasteiger partial charge in [0.15, 0.2) is 0 Å². The second-order valence-electron chi connectivity index (χ2n) is 7.71. The summed E-state index contributed by atoms with van der Waals surface area (Å²) < 4.78 is 5.27. The van der Waals surface area contributed by atoms with Crippen molar-refractivity contribution >= 4 is 53.0 Å². The average Bonchev–Trinajstić information content (AvgIpc) is 2.64. The molecule has 0 N–H and O–H groups in total. The fourth-order valence-corrected chi connectivity index (χ4v) is 3.38. The van der Waals surface area contributed by atoms with Crippen molar-refractivity contribution in [1.82, 2.24) is 0 Å². The van der Waals surface area contributed by atoms with Gasteiger partial charge >= 0.3 is 57.4 Å². The molecule has 0 aliphatic rings. The average molecular weight is 504 g/mol. The van der Waals surface area contributed by atoms with E-state index in [1.54, 1.807) is 32.9 Å². The van der Waals surface area contributed by atoms with Crippen molar-refractivity contribution in [2.24, 2.45) is 0 Å². The van der Waals surface area contributed by atoms with Gasteiger partial charge in [-0.05, 0) is 57.0 Å². The minimum Gasteiger partial charge on any atom is -0.545 e. The fraction of sp³-hybridized carbons (Fsp3) is 0.273. The van der Waals surface area contributed by atoms with E-state index < -0.39 is 16.5 Å². The van der Waals surface area contributed by atoms with Crippen LogP contribution in [0.4, 0.5) is 5.69 Å². The van der Waals surface area contributed by atoms with Gasteiger partial charge in [-0.3, -0.25) is 14.9 Å². The van der Waals surface area contributed by atoms with Gasteiger partial charge in [0.2, 0.25) is 0 Å². The summed E-state index contributed by atoms with van der Waals surface area (Å²) in [6.45, 7) is 5.36. The van der Waals surface area contributed by atoms with Crippen molar-refractivity contribution in [2.45, 2.75) is 39.2 Å². The summed E-state index contributed by atoms with van der Waals surface area (Å²) in [5, 5.41) is 22.8. The van der Waals surface area contributed by atoms with Crippen molar-refractivity contribution in [3.8, 4) is 0 Å². The van der Waals surface area contributed by atoms with Crippen LogP contribution in [0.2, 0.25) is 10.0 Å². The minimum atomic E-state index is -1.51. The number of aromatic carboxylic acids is 1. The Hall–Kier alpha value is -1.26. The van der Waals surface area contributed by atoms with E-state index in [1.807, 2.05) is 0 Å². The van der Waals surface area contributed by atoms with Crippen LogP contribution in [0.25, 0.3) is 12.2 Å². The first-order valence-corrected chi connectivity index (χ1v) is 10.0. The van der Waals surface area contributed by atoms with E-state index in [1.165, 1.54) is 24.3 Å². The SMILES string of the molecule is CC(C)(C)OC(=O)CCc1cc(Cl)c(/C=C/c2ccc(C(=O)[O-])cc2[N+](=O)[O-])c(Cl)c1.[K+]. The van der Waals surface area contributed by atoms with Crippen LogP contribution in [0, 0.1) is 10.1 Å². The minimum absolute atomic E-state index is 0. The normalized spacial score (nSPS) is 11.2. The van der Waals surface area contributed by atoms with E-state index in [0.29, 0.717) is 22.0 Å². The Kier molecular flexibility index (Phi) is 11.0. The second kappa shape index (κ2) is 12.3. The molecule has 0 spiro atoms. The van der Waals surface area contributed by atoms with Crippen LogP contribution >= 0.6 is 23.2 Å². The van der Waals surface area contributed by atoms with Gasteiger partial charge in [0, 0.05) is 33.7 Å². The van der Waals surface area contributed by atoms with Gasteiger partial charge in [0.05, 0.1) is 16.5 Å². The van der Waals surface area contributed by atoms with Crippen molar-refractivity contribution in [3.63, 3.8) is 0 Å². The molecule has 0 radical (unpaired) electrons. The third-order valence-corrected chi connectivity index (χ3v) is 4.69. The van der Waals surface area contributed by atoms with E-state index in [4.69, 9.17) is 27.9 Å². The molecule has 0 heterocycles. The Morgan fingerprint density at radius 2 is 1.69 bits per heavy atom. The number of carboxylic acid groups (broad SMARTS) is 1. The zero-order chi connectivity index (χ0) is 23.3. The number of nitro groups is 1. The second-order valence-corrected chi connectivity index (χ2v) is 8.53. The van der Waals surface area contributed by atoms with Crippen LogP contribution in [0.1, 0.15) is 54.2 Å². The molecule has 0 unspecified atom stereocenters. The van der Waals surface area contributed by atoms with Gasteiger partial charge in [-0.15, -0.1) is 0 Å². The maximum absolute atomic E-state index is 11.9. The third kappa shape index (κ3) is 8.59. The summed E-state index contributed by atoms with van der Waals surface area (Å²) in [6.07, 6.45) is 3.47. The summed E-state index contributed by atoms with van der Waals surface area (Å²) in [5.41, 5.74) is 0.0949. The largest absolute Gasteiger partial charge is 1.00 e. The number of rotatable bonds is 7. The van der Waals surface area contributed by atoms with Crippen molar-refractivity contribution in [3.05, 3.63) is 72.7 Å². The molecule has 164 valence electrons. The molecule has 0 saturated carbocycles. The maximum Gasteiger partial charge on any atom is 1.00 e. The Morgan fingerprint density at radius 3 is 2.19 bits per heavy atom. The molecule has 0 aliphatic carbocycles. The van der Waals surface area contributed by atoms with Crippen molar-refractivity contribution < 1.29 is 75.7 Å². The molecular weight excluding hydrogens is 484 g/mol. The van der Waals surface area contributed by atoms with Gasteiger partial charge < -0.3 is 14.6 Å². The molecule has 10 heteroatoms. The molecule has 2 aromatic carbocycles. The maximum atomic E-state index is 11.9. The van der Waals surface area contributed by atoms with Gasteiger partial charge in [0.25, 0.3) is 5.69 Å². The Bertz CT molecular complexity index is 1040. The molecule has 0 aliphatic heterocycles. The van der Waals surface area contributed by atoms with E-state index in [0.717, 1.165) is 11.6 Å². The smallest absolute Gasteiger partial charge is 0.545 e. The molecule has 0 amide bonds. The zero-order valence-electron chi connectivity index (χ0n) is 18.1. The fourth-order valence-electron chi connectivity index (χ4n) is 2.72. The predicted molar refractivity (Wildman–Crippen MR) is 117 cm³/mol. The molecule has 2 aromatic rings. The van der Waals surface area contributed by atoms with Crippen molar-refractivity contribution in [1.29, 1.82) is 0 Å². The number of ether oxygens (including phenoxy) is 1. The number of aryl methyl sites for hydroxylation is 1. The van der Waals surface area contributed by atoms with Crippen molar-refractivity contribution in [2.75, 3.05) is 0 Å². The number of halogens is 2. The molecule has 0 fully saturated rings. The summed E-state index contributed by atoms with van der Waals surface area (Å²) in [6, 6.07) is 6.76. The number of hydrogen-bond donors (Lipinski definition) is 0. The number of carboxylic acids is 1. The number of benzene rings is 2. The van der Waals surface area contributed by atoms with Gasteiger partial charge in [-0.25, -0.2) is 0 Å². The Morgan fingerprint density at radius 1 is 1.09 bits per heavy atom. The summed E-state index contributed by atoms with van der Waals surface area (Å²) in [4.78, 5) is 33.4. The first kappa shape index (κ1) is 28.8. The summed E-state index contributed by atoms with van der Waals surface area (Å²) >= 11 is 12.6. The molecular formula is C22H20Cl2KNO6. The van der Waals surface area contributed by atoms with E-state index >= 15 is 0 Å². The predicted octanol–water partition coefficient (Wildman–Crippen LogP) is 1.71. The number of nitro benzene ring substituents is 1. The topological polar surface area (TPSA) is 110 Å². The number of nitrogens with zero attached hydrogens (tertiary/aromatic N) is 1. The van der Waals surface area contributed by atoms with Gasteiger partial charge in [-0.1, -0.05) is 35.3 Å². The molecule has 0 atom stereocenters. The number of carbonyl (C=O) groups is 2.